The largest absolute Gasteiger partial charge is 0.278 e. The molecule has 4 heteroatoms. The van der Waals surface area contributed by atoms with Crippen molar-refractivity contribution in [1.29, 1.82) is 0 Å². The zero-order valence-corrected chi connectivity index (χ0v) is 15.7. The summed E-state index contributed by atoms with van der Waals surface area (Å²) in [5.41, 5.74) is 9.62. The first-order chi connectivity index (χ1) is 11.6. The van der Waals surface area contributed by atoms with Crippen LogP contribution < -0.4 is 5.43 Å². The maximum Gasteiger partial charge on any atom is 0.0977 e. The Labute approximate surface area is 160 Å². The van der Waals surface area contributed by atoms with E-state index in [9.17, 15) is 0 Å². The van der Waals surface area contributed by atoms with Crippen LogP contribution in [0.5, 0.6) is 0 Å². The molecular formula is C21H20Cl2N2. The number of nitrogens with zero attached hydrogens (tertiary/aromatic N) is 1. The average Bonchev–Trinajstić information content (AvgIpc) is 2.61. The first-order valence-electron chi connectivity index (χ1n) is 7.86. The van der Waals surface area contributed by atoms with Gasteiger partial charge in [0.05, 0.1) is 11.4 Å². The molecule has 0 unspecified atom stereocenters. The van der Waals surface area contributed by atoms with Gasteiger partial charge in [0.2, 0.25) is 0 Å². The number of halogens is 2. The second kappa shape index (κ2) is 8.70. The summed E-state index contributed by atoms with van der Waals surface area (Å²) in [6.45, 7) is 4.19. The van der Waals surface area contributed by atoms with Crippen molar-refractivity contribution in [3.63, 3.8) is 0 Å². The lowest BCUT2D eigenvalue weighted by atomic mass is 10.0. The van der Waals surface area contributed by atoms with E-state index >= 15 is 0 Å². The Kier molecular flexibility index (Phi) is 6.63. The number of rotatable bonds is 4. The SMILES string of the molecule is Cc1cccc(NN=C(c2ccccc2)c2ccc(Cl)cc2)c1C.Cl. The van der Waals surface area contributed by atoms with Gasteiger partial charge in [-0.3, -0.25) is 5.43 Å². The molecule has 3 aromatic carbocycles. The topological polar surface area (TPSA) is 24.4 Å². The zero-order valence-electron chi connectivity index (χ0n) is 14.2. The fraction of sp³-hybridized carbons (Fsp3) is 0.0952. The molecule has 3 rings (SSSR count). The standard InChI is InChI=1S/C21H19ClN2.ClH/c1-15-7-6-10-20(16(15)2)23-24-21(17-8-4-3-5-9-17)18-11-13-19(22)14-12-18;/h3-14,23H,1-2H3;1H. The molecule has 3 aromatic rings. The van der Waals surface area contributed by atoms with E-state index in [1.807, 2.05) is 54.6 Å². The third-order valence-corrected chi connectivity index (χ3v) is 4.31. The van der Waals surface area contributed by atoms with Crippen LogP contribution in [0.4, 0.5) is 5.69 Å². The summed E-state index contributed by atoms with van der Waals surface area (Å²) in [4.78, 5) is 0. The monoisotopic (exact) mass is 370 g/mol. The van der Waals surface area contributed by atoms with Crippen LogP contribution in [0.3, 0.4) is 0 Å². The minimum absolute atomic E-state index is 0. The molecule has 0 radical (unpaired) electrons. The van der Waals surface area contributed by atoms with Crippen molar-refractivity contribution in [3.8, 4) is 0 Å². The van der Waals surface area contributed by atoms with Gasteiger partial charge in [-0.15, -0.1) is 12.4 Å². The smallest absolute Gasteiger partial charge is 0.0977 e. The summed E-state index contributed by atoms with van der Waals surface area (Å²) in [6.07, 6.45) is 0. The fourth-order valence-corrected chi connectivity index (χ4v) is 2.61. The minimum Gasteiger partial charge on any atom is -0.278 e. The number of nitrogens with one attached hydrogen (secondary N) is 1. The van der Waals surface area contributed by atoms with E-state index in [4.69, 9.17) is 11.6 Å². The zero-order chi connectivity index (χ0) is 16.9. The second-order valence-electron chi connectivity index (χ2n) is 5.69. The van der Waals surface area contributed by atoms with Gasteiger partial charge >= 0.3 is 0 Å². The predicted molar refractivity (Wildman–Crippen MR) is 110 cm³/mol. The molecule has 0 amide bonds. The van der Waals surface area contributed by atoms with Gasteiger partial charge in [0.15, 0.2) is 0 Å². The number of hydrogen-bond donors (Lipinski definition) is 1. The summed E-state index contributed by atoms with van der Waals surface area (Å²) in [7, 11) is 0. The number of benzene rings is 3. The molecule has 0 atom stereocenters. The van der Waals surface area contributed by atoms with Gasteiger partial charge in [0, 0.05) is 16.1 Å². The van der Waals surface area contributed by atoms with Crippen molar-refractivity contribution in [2.45, 2.75) is 13.8 Å². The van der Waals surface area contributed by atoms with E-state index in [1.165, 1.54) is 11.1 Å². The first kappa shape index (κ1) is 19.0. The molecule has 0 saturated carbocycles. The highest BCUT2D eigenvalue weighted by Crippen LogP contribution is 2.19. The molecule has 0 heterocycles. The Morgan fingerprint density at radius 1 is 0.800 bits per heavy atom. The van der Waals surface area contributed by atoms with Crippen LogP contribution in [-0.2, 0) is 0 Å². The lowest BCUT2D eigenvalue weighted by Crippen LogP contribution is -2.07. The number of hydrazone groups is 1. The average molecular weight is 371 g/mol. The Hall–Kier alpha value is -2.29. The van der Waals surface area contributed by atoms with Crippen LogP contribution in [0.15, 0.2) is 77.9 Å². The van der Waals surface area contributed by atoms with Crippen molar-refractivity contribution in [1.82, 2.24) is 0 Å². The maximum atomic E-state index is 6.02. The molecule has 0 saturated heterocycles. The summed E-state index contributed by atoms with van der Waals surface area (Å²) in [6, 6.07) is 24.0. The van der Waals surface area contributed by atoms with Gasteiger partial charge in [-0.1, -0.05) is 66.2 Å². The van der Waals surface area contributed by atoms with Crippen LogP contribution in [0.1, 0.15) is 22.3 Å². The molecule has 0 aromatic heterocycles. The van der Waals surface area contributed by atoms with Crippen molar-refractivity contribution in [2.75, 3.05) is 5.43 Å². The van der Waals surface area contributed by atoms with Gasteiger partial charge in [-0.25, -0.2) is 0 Å². The summed E-state index contributed by atoms with van der Waals surface area (Å²) >= 11 is 6.02. The Morgan fingerprint density at radius 3 is 2.12 bits per heavy atom. The lowest BCUT2D eigenvalue weighted by molar-refractivity contribution is 1.26. The Balaban J connectivity index is 0.00000225. The highest BCUT2D eigenvalue weighted by molar-refractivity contribution is 6.30. The quantitative estimate of drug-likeness (QED) is 0.426. The molecule has 2 nitrogen and oxygen atoms in total. The molecule has 0 fully saturated rings. The van der Waals surface area contributed by atoms with Crippen LogP contribution in [-0.4, -0.2) is 5.71 Å². The van der Waals surface area contributed by atoms with Crippen LogP contribution in [0.2, 0.25) is 5.02 Å². The van der Waals surface area contributed by atoms with Crippen LogP contribution in [0.25, 0.3) is 0 Å². The molecule has 128 valence electrons. The number of hydrogen-bond acceptors (Lipinski definition) is 2. The van der Waals surface area contributed by atoms with E-state index in [-0.39, 0.29) is 12.4 Å². The van der Waals surface area contributed by atoms with Gasteiger partial charge in [-0.2, -0.15) is 5.10 Å². The first-order valence-corrected chi connectivity index (χ1v) is 8.24. The Morgan fingerprint density at radius 2 is 1.44 bits per heavy atom. The third kappa shape index (κ3) is 4.62. The van der Waals surface area contributed by atoms with Gasteiger partial charge < -0.3 is 0 Å². The van der Waals surface area contributed by atoms with Crippen LogP contribution >= 0.6 is 24.0 Å². The molecule has 1 N–H and O–H groups in total. The van der Waals surface area contributed by atoms with Gasteiger partial charge in [0.25, 0.3) is 0 Å². The Bertz CT molecular complexity index is 857. The maximum absolute atomic E-state index is 6.02. The fourth-order valence-electron chi connectivity index (χ4n) is 2.49. The molecular weight excluding hydrogens is 351 g/mol. The van der Waals surface area contributed by atoms with Gasteiger partial charge in [-0.05, 0) is 43.2 Å². The van der Waals surface area contributed by atoms with Crippen LogP contribution in [0, 0.1) is 13.8 Å². The van der Waals surface area contributed by atoms with E-state index in [1.54, 1.807) is 0 Å². The highest BCUT2D eigenvalue weighted by Gasteiger charge is 2.08. The lowest BCUT2D eigenvalue weighted by Gasteiger charge is -2.11. The summed E-state index contributed by atoms with van der Waals surface area (Å²) < 4.78 is 0. The highest BCUT2D eigenvalue weighted by atomic mass is 35.5. The van der Waals surface area contributed by atoms with E-state index in [0.717, 1.165) is 22.5 Å². The third-order valence-electron chi connectivity index (χ3n) is 4.06. The van der Waals surface area contributed by atoms with Crippen molar-refractivity contribution in [2.24, 2.45) is 5.10 Å². The molecule has 0 spiro atoms. The number of anilines is 1. The number of aryl methyl sites for hydroxylation is 1. The molecule has 0 aliphatic carbocycles. The summed E-state index contributed by atoms with van der Waals surface area (Å²) in [5, 5.41) is 5.41. The van der Waals surface area contributed by atoms with Gasteiger partial charge in [0.1, 0.15) is 0 Å². The van der Waals surface area contributed by atoms with E-state index in [0.29, 0.717) is 5.02 Å². The molecule has 0 aliphatic rings. The molecule has 0 aliphatic heterocycles. The molecule has 0 bridgehead atoms. The van der Waals surface area contributed by atoms with E-state index < -0.39 is 0 Å². The normalized spacial score (nSPS) is 10.9. The predicted octanol–water partition coefficient (Wildman–Crippen LogP) is 6.24. The molecule has 25 heavy (non-hydrogen) atoms. The van der Waals surface area contributed by atoms with E-state index in [2.05, 4.69) is 42.6 Å². The minimum atomic E-state index is 0. The summed E-state index contributed by atoms with van der Waals surface area (Å²) in [5.74, 6) is 0. The van der Waals surface area contributed by atoms with Crippen molar-refractivity contribution in [3.05, 3.63) is 100 Å². The van der Waals surface area contributed by atoms with Crippen molar-refractivity contribution < 1.29 is 0 Å². The van der Waals surface area contributed by atoms with Crippen molar-refractivity contribution >= 4 is 35.4 Å². The second-order valence-corrected chi connectivity index (χ2v) is 6.13.